The van der Waals surface area contributed by atoms with Crippen LogP contribution in [0.5, 0.6) is 0 Å². The lowest BCUT2D eigenvalue weighted by Gasteiger charge is -2.61. The Morgan fingerprint density at radius 1 is 0.579 bits per heavy atom. The molecule has 0 rings (SSSR count). The SMILES string of the molecule is CC(C)(C)[Si](C)(C)O[C@H]([C@@H](CO)O[Si](C)(C)C(C)(C)C)[C@@](O)(C(O)[Si](C)(C)C(C)(C)C)[Si](C)(C)C(C)(C)C. The third-order valence-corrected chi connectivity index (χ3v) is 32.6. The Labute approximate surface area is 241 Å². The van der Waals surface area contributed by atoms with Crippen LogP contribution >= 0.6 is 0 Å². The summed E-state index contributed by atoms with van der Waals surface area (Å²) in [6.07, 6.45) is -1.60. The molecule has 0 aromatic heterocycles. The molecule has 0 saturated carbocycles. The topological polar surface area (TPSA) is 79.2 Å². The van der Waals surface area contributed by atoms with E-state index in [2.05, 4.69) is 135 Å². The molecule has 0 radical (unpaired) electrons. The van der Waals surface area contributed by atoms with Crippen molar-refractivity contribution >= 4 is 32.8 Å². The first-order valence-corrected chi connectivity index (χ1v) is 26.4. The van der Waals surface area contributed by atoms with Gasteiger partial charge in [-0.1, -0.05) is 109 Å². The molecule has 0 spiro atoms. The molecule has 0 amide bonds. The van der Waals surface area contributed by atoms with E-state index in [4.69, 9.17) is 8.85 Å². The van der Waals surface area contributed by atoms with Crippen LogP contribution in [0.2, 0.25) is 72.5 Å². The van der Waals surface area contributed by atoms with Gasteiger partial charge in [-0.3, -0.25) is 0 Å². The van der Waals surface area contributed by atoms with Gasteiger partial charge in [0.05, 0.1) is 34.6 Å². The molecule has 0 aromatic rings. The van der Waals surface area contributed by atoms with E-state index < -0.39 is 55.9 Å². The molecule has 0 saturated heterocycles. The van der Waals surface area contributed by atoms with Crippen molar-refractivity contribution in [1.29, 1.82) is 0 Å². The van der Waals surface area contributed by atoms with Gasteiger partial charge >= 0.3 is 0 Å². The summed E-state index contributed by atoms with van der Waals surface area (Å²) >= 11 is 0. The average Bonchev–Trinajstić information content (AvgIpc) is 2.65. The van der Waals surface area contributed by atoms with Gasteiger partial charge in [-0.05, 0) is 46.3 Å². The summed E-state index contributed by atoms with van der Waals surface area (Å²) in [5.74, 6) is 0. The molecule has 0 aliphatic rings. The van der Waals surface area contributed by atoms with Gasteiger partial charge in [0.15, 0.2) is 16.6 Å². The second-order valence-electron chi connectivity index (χ2n) is 18.0. The fourth-order valence-corrected chi connectivity index (χ4v) is 13.9. The molecule has 0 aromatic carbocycles. The summed E-state index contributed by atoms with van der Waals surface area (Å²) in [5.41, 5.74) is -0.970. The van der Waals surface area contributed by atoms with Crippen LogP contribution in [0.15, 0.2) is 0 Å². The molecule has 0 aliphatic heterocycles. The van der Waals surface area contributed by atoms with Crippen LogP contribution in [0.3, 0.4) is 0 Å². The van der Waals surface area contributed by atoms with Crippen molar-refractivity contribution in [3.8, 4) is 0 Å². The Bertz CT molecular complexity index is 783. The molecule has 0 fully saturated rings. The third-order valence-electron chi connectivity index (χ3n) is 11.3. The van der Waals surface area contributed by atoms with Crippen LogP contribution < -0.4 is 0 Å². The Kier molecular flexibility index (Phi) is 11.6. The number of aliphatic hydroxyl groups is 3. The number of aliphatic hydroxyl groups excluding tert-OH is 2. The predicted octanol–water partition coefficient (Wildman–Crippen LogP) is 7.95. The molecule has 38 heavy (non-hydrogen) atoms. The fraction of sp³-hybridized carbons (Fsp3) is 1.00. The molecule has 9 heteroatoms. The van der Waals surface area contributed by atoms with Crippen LogP contribution in [0, 0.1) is 0 Å². The van der Waals surface area contributed by atoms with E-state index in [0.717, 1.165) is 0 Å². The van der Waals surface area contributed by atoms with Crippen molar-refractivity contribution in [1.82, 2.24) is 0 Å². The van der Waals surface area contributed by atoms with Gasteiger partial charge in [-0.15, -0.1) is 0 Å². The van der Waals surface area contributed by atoms with Gasteiger partial charge in [0.2, 0.25) is 0 Å². The molecule has 0 aliphatic carbocycles. The highest BCUT2D eigenvalue weighted by Crippen LogP contribution is 2.53. The Morgan fingerprint density at radius 3 is 1.18 bits per heavy atom. The van der Waals surface area contributed by atoms with Gasteiger partial charge in [0, 0.05) is 0 Å². The van der Waals surface area contributed by atoms with E-state index in [0.29, 0.717) is 0 Å². The molecule has 1 unspecified atom stereocenters. The van der Waals surface area contributed by atoms with Crippen LogP contribution in [0.25, 0.3) is 0 Å². The Morgan fingerprint density at radius 2 is 0.921 bits per heavy atom. The Balaban J connectivity index is 7.75. The first-order chi connectivity index (χ1) is 16.2. The fourth-order valence-electron chi connectivity index (χ4n) is 4.11. The van der Waals surface area contributed by atoms with Gasteiger partial charge in [0.25, 0.3) is 0 Å². The van der Waals surface area contributed by atoms with Crippen LogP contribution in [-0.2, 0) is 8.85 Å². The van der Waals surface area contributed by atoms with Crippen molar-refractivity contribution in [2.75, 3.05) is 6.61 Å². The zero-order valence-electron chi connectivity index (χ0n) is 29.1. The summed E-state index contributed by atoms with van der Waals surface area (Å²) in [6, 6.07) is 0. The smallest absolute Gasteiger partial charge is 0.192 e. The maximum absolute atomic E-state index is 13.4. The normalized spacial score (nSPS) is 19.7. The van der Waals surface area contributed by atoms with Crippen molar-refractivity contribution in [2.24, 2.45) is 0 Å². The first kappa shape index (κ1) is 38.7. The maximum Gasteiger partial charge on any atom is 0.192 e. The second kappa shape index (κ2) is 11.4. The minimum absolute atomic E-state index is 0.0882. The van der Waals surface area contributed by atoms with Gasteiger partial charge in [0.1, 0.15) is 11.3 Å². The third kappa shape index (κ3) is 7.35. The summed E-state index contributed by atoms with van der Waals surface area (Å²) in [5, 5.41) is 34.7. The van der Waals surface area contributed by atoms with Gasteiger partial charge in [-0.25, -0.2) is 0 Å². The predicted molar refractivity (Wildman–Crippen MR) is 177 cm³/mol. The summed E-state index contributed by atoms with van der Waals surface area (Å²) in [7, 11) is -10.1. The van der Waals surface area contributed by atoms with E-state index in [-0.39, 0.29) is 26.8 Å². The first-order valence-electron chi connectivity index (χ1n) is 14.5. The zero-order valence-corrected chi connectivity index (χ0v) is 33.1. The lowest BCUT2D eigenvalue weighted by atomic mass is 10.1. The second-order valence-corrected chi connectivity index (χ2v) is 38.5. The highest BCUT2D eigenvalue weighted by atomic mass is 28.4. The van der Waals surface area contributed by atoms with Gasteiger partial charge < -0.3 is 24.2 Å². The summed E-state index contributed by atoms with van der Waals surface area (Å²) in [6.45, 7) is 43.4. The van der Waals surface area contributed by atoms with Crippen LogP contribution in [0.1, 0.15) is 83.1 Å². The van der Waals surface area contributed by atoms with E-state index in [1.165, 1.54) is 0 Å². The molecule has 0 heterocycles. The minimum Gasteiger partial charge on any atom is -0.409 e. The molecular formula is C29H68O5Si4. The molecular weight excluding hydrogens is 541 g/mol. The van der Waals surface area contributed by atoms with E-state index in [9.17, 15) is 15.3 Å². The monoisotopic (exact) mass is 608 g/mol. The number of hydrogen-bond donors (Lipinski definition) is 3. The average molecular weight is 609 g/mol. The molecule has 0 bridgehead atoms. The van der Waals surface area contributed by atoms with Crippen molar-refractivity contribution < 1.29 is 24.2 Å². The Hall–Kier alpha value is 0.668. The number of hydrogen-bond acceptors (Lipinski definition) is 5. The van der Waals surface area contributed by atoms with E-state index >= 15 is 0 Å². The largest absolute Gasteiger partial charge is 0.409 e. The maximum atomic E-state index is 13.4. The van der Waals surface area contributed by atoms with Crippen molar-refractivity contribution in [2.45, 2.75) is 179 Å². The van der Waals surface area contributed by atoms with E-state index in [1.54, 1.807) is 0 Å². The lowest BCUT2D eigenvalue weighted by Crippen LogP contribution is -2.80. The highest BCUT2D eigenvalue weighted by molar-refractivity contribution is 6.88. The lowest BCUT2D eigenvalue weighted by molar-refractivity contribution is -0.120. The standard InChI is InChI=1S/C29H68O5Si4/c1-25(2,3)35(13,14)24(31)29(32,36(15,16)26(4,5)6)23(34-38(19,20)28(10,11)12)22(21-30)33-37(17,18)27(7,8)9/h22-24,30-32H,21H2,1-20H3/t22-,23-,24?,29+/m1/s1. The highest BCUT2D eigenvalue weighted by Gasteiger charge is 2.67. The van der Waals surface area contributed by atoms with E-state index in [1.807, 2.05) is 0 Å². The molecule has 3 N–H and O–H groups in total. The molecule has 4 atom stereocenters. The van der Waals surface area contributed by atoms with Crippen LogP contribution in [-0.4, -0.2) is 77.9 Å². The molecule has 5 nitrogen and oxygen atoms in total. The van der Waals surface area contributed by atoms with Crippen molar-refractivity contribution in [3.63, 3.8) is 0 Å². The summed E-state index contributed by atoms with van der Waals surface area (Å²) in [4.78, 5) is 0. The minimum atomic E-state index is -2.77. The quantitative estimate of drug-likeness (QED) is 0.219. The van der Waals surface area contributed by atoms with Crippen LogP contribution in [0.4, 0.5) is 0 Å². The van der Waals surface area contributed by atoms with Crippen molar-refractivity contribution in [3.05, 3.63) is 0 Å². The van der Waals surface area contributed by atoms with Gasteiger partial charge in [-0.2, -0.15) is 0 Å². The number of rotatable bonds is 10. The summed E-state index contributed by atoms with van der Waals surface area (Å²) < 4.78 is 14.1. The zero-order chi connectivity index (χ0) is 31.4. The molecule has 230 valence electrons.